The Bertz CT molecular complexity index is 1870. The van der Waals surface area contributed by atoms with Gasteiger partial charge in [0.05, 0.1) is 21.5 Å². The lowest BCUT2D eigenvalue weighted by Gasteiger charge is -2.17. The summed E-state index contributed by atoms with van der Waals surface area (Å²) in [6.07, 6.45) is -3.16. The number of urea groups is 1. The molecule has 2 heterocycles. The van der Waals surface area contributed by atoms with Gasteiger partial charge in [0.1, 0.15) is 11.6 Å². The Balaban J connectivity index is 1.22. The number of nitrogens with zero attached hydrogens (tertiary/aromatic N) is 2. The molecule has 0 unspecified atom stereocenters. The van der Waals surface area contributed by atoms with Gasteiger partial charge in [-0.2, -0.15) is 13.2 Å². The van der Waals surface area contributed by atoms with Gasteiger partial charge in [-0.15, -0.1) is 11.3 Å². The Kier molecular flexibility index (Phi) is 11.2. The monoisotopic (exact) mass is 684 g/mol. The molecule has 2 amide bonds. The summed E-state index contributed by atoms with van der Waals surface area (Å²) in [6, 6.07) is 16.1. The summed E-state index contributed by atoms with van der Waals surface area (Å²) < 4.78 is 74.6. The van der Waals surface area contributed by atoms with Crippen LogP contribution in [0.4, 0.5) is 38.1 Å². The van der Waals surface area contributed by atoms with Gasteiger partial charge in [-0.05, 0) is 61.6 Å². The van der Waals surface area contributed by atoms with Crippen LogP contribution in [0.15, 0.2) is 79.0 Å². The maximum atomic E-state index is 15.1. The van der Waals surface area contributed by atoms with E-state index >= 15 is 4.39 Å². The molecule has 0 radical (unpaired) electrons. The van der Waals surface area contributed by atoms with Gasteiger partial charge in [-0.3, -0.25) is 4.98 Å². The van der Waals surface area contributed by atoms with Gasteiger partial charge in [0.15, 0.2) is 11.6 Å². The van der Waals surface area contributed by atoms with Gasteiger partial charge in [-0.25, -0.2) is 13.6 Å². The molecule has 0 bridgehead atoms. The Morgan fingerprint density at radius 3 is 2.42 bits per heavy atom. The number of carbonyl (C=O) groups excluding carboxylic acids is 1. The van der Waals surface area contributed by atoms with Crippen molar-refractivity contribution in [1.82, 2.24) is 20.5 Å². The zero-order valence-electron chi connectivity index (χ0n) is 26.1. The van der Waals surface area contributed by atoms with Crippen molar-refractivity contribution in [2.45, 2.75) is 12.7 Å². The number of alkyl halides is 3. The number of halogens is 5. The summed E-state index contributed by atoms with van der Waals surface area (Å²) in [4.78, 5) is 20.0. The SMILES string of the molecule is CNCCNCCN(C)Cc1ccc(-c2cc3nccc(Oc4ccc(NC(=O)Nc5cc(C(F)(F)F)ccc5F)cc4F)c3s2)cc1. The van der Waals surface area contributed by atoms with Crippen LogP contribution >= 0.6 is 11.3 Å². The largest absolute Gasteiger partial charge is 0.453 e. The average molecular weight is 685 g/mol. The number of amides is 2. The first-order valence-electron chi connectivity index (χ1n) is 14.9. The third kappa shape index (κ3) is 9.04. The molecule has 0 aliphatic carbocycles. The molecular formula is C34H33F5N6O2S. The minimum Gasteiger partial charge on any atom is -0.453 e. The minimum absolute atomic E-state index is 0.0288. The standard InChI is InChI=1S/C34H33F5N6O2S/c1-40-13-14-41-15-16-45(2)20-21-3-5-22(6-4-21)31-19-28-32(48-31)30(11-12-42-28)47-29-10-8-24(18-26(29)36)43-33(46)44-27-17-23(34(37,38)39)7-9-25(27)35/h3-12,17-19,40-41H,13-16,20H2,1-2H3,(H2,43,44,46). The van der Waals surface area contributed by atoms with E-state index in [0.717, 1.165) is 49.2 Å². The highest BCUT2D eigenvalue weighted by molar-refractivity contribution is 7.22. The molecule has 0 saturated heterocycles. The molecular weight excluding hydrogens is 651 g/mol. The van der Waals surface area contributed by atoms with Crippen LogP contribution in [-0.4, -0.2) is 56.2 Å². The Morgan fingerprint density at radius 1 is 0.896 bits per heavy atom. The molecule has 3 aromatic carbocycles. The van der Waals surface area contributed by atoms with Crippen molar-refractivity contribution < 1.29 is 31.5 Å². The average Bonchev–Trinajstić information content (AvgIpc) is 3.48. The lowest BCUT2D eigenvalue weighted by Crippen LogP contribution is -2.32. The fourth-order valence-corrected chi connectivity index (χ4v) is 5.84. The molecule has 0 aliphatic heterocycles. The number of thiophene rings is 1. The third-order valence-corrected chi connectivity index (χ3v) is 8.43. The van der Waals surface area contributed by atoms with Crippen LogP contribution in [-0.2, 0) is 12.7 Å². The van der Waals surface area contributed by atoms with Crippen molar-refractivity contribution >= 4 is 39.0 Å². The van der Waals surface area contributed by atoms with Crippen molar-refractivity contribution in [3.8, 4) is 21.9 Å². The first-order chi connectivity index (χ1) is 23.0. The van der Waals surface area contributed by atoms with Crippen LogP contribution in [0.5, 0.6) is 11.5 Å². The molecule has 0 saturated carbocycles. The molecule has 0 fully saturated rings. The number of aromatic nitrogens is 1. The predicted molar refractivity (Wildman–Crippen MR) is 179 cm³/mol. The smallest absolute Gasteiger partial charge is 0.416 e. The van der Waals surface area contributed by atoms with Gasteiger partial charge in [-0.1, -0.05) is 24.3 Å². The highest BCUT2D eigenvalue weighted by Gasteiger charge is 2.31. The Hall–Kier alpha value is -4.63. The quantitative estimate of drug-likeness (QED) is 0.0744. The van der Waals surface area contributed by atoms with Crippen molar-refractivity contribution in [2.75, 3.05) is 50.9 Å². The number of nitrogens with one attached hydrogen (secondary N) is 4. The summed E-state index contributed by atoms with van der Waals surface area (Å²) in [5, 5.41) is 10.8. The number of fused-ring (bicyclic) bond motifs is 1. The van der Waals surface area contributed by atoms with Gasteiger partial charge in [0, 0.05) is 61.6 Å². The number of pyridine rings is 1. The van der Waals surface area contributed by atoms with Crippen LogP contribution < -0.4 is 26.0 Å². The van der Waals surface area contributed by atoms with E-state index in [9.17, 15) is 22.4 Å². The van der Waals surface area contributed by atoms with E-state index in [2.05, 4.69) is 57.1 Å². The van der Waals surface area contributed by atoms with Gasteiger partial charge >= 0.3 is 12.2 Å². The van der Waals surface area contributed by atoms with E-state index in [0.29, 0.717) is 34.2 Å². The maximum absolute atomic E-state index is 15.1. The summed E-state index contributed by atoms with van der Waals surface area (Å²) in [5.41, 5.74) is 1.04. The van der Waals surface area contributed by atoms with Gasteiger partial charge < -0.3 is 30.9 Å². The molecule has 48 heavy (non-hydrogen) atoms. The van der Waals surface area contributed by atoms with E-state index in [1.165, 1.54) is 29.0 Å². The second-order valence-corrected chi connectivity index (χ2v) is 12.0. The van der Waals surface area contributed by atoms with Gasteiger partial charge in [0.2, 0.25) is 0 Å². The summed E-state index contributed by atoms with van der Waals surface area (Å²) >= 11 is 1.46. The highest BCUT2D eigenvalue weighted by atomic mass is 32.1. The number of anilines is 2. The lowest BCUT2D eigenvalue weighted by atomic mass is 10.1. The topological polar surface area (TPSA) is 90.6 Å². The molecule has 8 nitrogen and oxygen atoms in total. The first kappa shape index (κ1) is 34.7. The third-order valence-electron chi connectivity index (χ3n) is 7.24. The molecule has 0 atom stereocenters. The second kappa shape index (κ2) is 15.5. The van der Waals surface area contributed by atoms with E-state index < -0.39 is 35.1 Å². The van der Waals surface area contributed by atoms with Gasteiger partial charge in [0.25, 0.3) is 0 Å². The summed E-state index contributed by atoms with van der Waals surface area (Å²) in [7, 11) is 4.02. The van der Waals surface area contributed by atoms with Crippen LogP contribution in [0.25, 0.3) is 20.7 Å². The fraction of sp³-hybridized carbons (Fsp3) is 0.235. The van der Waals surface area contributed by atoms with E-state index in [4.69, 9.17) is 4.74 Å². The maximum Gasteiger partial charge on any atom is 0.416 e. The highest BCUT2D eigenvalue weighted by Crippen LogP contribution is 2.40. The minimum atomic E-state index is -4.72. The van der Waals surface area contributed by atoms with Crippen LogP contribution in [0.3, 0.4) is 0 Å². The predicted octanol–water partition coefficient (Wildman–Crippen LogP) is 7.94. The number of likely N-dealkylation sites (N-methyl/N-ethyl adjacent to an activating group) is 2. The molecule has 14 heteroatoms. The summed E-state index contributed by atoms with van der Waals surface area (Å²) in [5.74, 6) is -1.61. The number of hydrogen-bond acceptors (Lipinski definition) is 7. The molecule has 4 N–H and O–H groups in total. The molecule has 252 valence electrons. The Labute approximate surface area is 277 Å². The first-order valence-corrected chi connectivity index (χ1v) is 15.8. The molecule has 5 aromatic rings. The number of hydrogen-bond donors (Lipinski definition) is 4. The van der Waals surface area contributed by atoms with Crippen molar-refractivity contribution in [2.24, 2.45) is 0 Å². The number of carbonyl (C=O) groups is 1. The lowest BCUT2D eigenvalue weighted by molar-refractivity contribution is -0.137. The van der Waals surface area contributed by atoms with Crippen LogP contribution in [0.1, 0.15) is 11.1 Å². The molecule has 2 aromatic heterocycles. The number of benzene rings is 3. The van der Waals surface area contributed by atoms with E-state index in [1.54, 1.807) is 12.3 Å². The Morgan fingerprint density at radius 2 is 1.69 bits per heavy atom. The molecule has 5 rings (SSSR count). The second-order valence-electron chi connectivity index (χ2n) is 10.9. The van der Waals surface area contributed by atoms with Crippen molar-refractivity contribution in [1.29, 1.82) is 0 Å². The summed E-state index contributed by atoms with van der Waals surface area (Å²) in [6.45, 7) is 4.51. The van der Waals surface area contributed by atoms with Crippen molar-refractivity contribution in [3.63, 3.8) is 0 Å². The van der Waals surface area contributed by atoms with E-state index in [1.807, 2.05) is 18.4 Å². The number of ether oxygens (including phenoxy) is 1. The fourth-order valence-electron chi connectivity index (χ4n) is 4.77. The van der Waals surface area contributed by atoms with Crippen LogP contribution in [0, 0.1) is 11.6 Å². The van der Waals surface area contributed by atoms with Crippen molar-refractivity contribution in [3.05, 3.63) is 102 Å². The normalized spacial score (nSPS) is 11.7. The molecule has 0 aliphatic rings. The molecule has 0 spiro atoms. The zero-order valence-corrected chi connectivity index (χ0v) is 26.9. The zero-order chi connectivity index (χ0) is 34.3. The number of rotatable bonds is 13. The van der Waals surface area contributed by atoms with Crippen LogP contribution in [0.2, 0.25) is 0 Å². The van der Waals surface area contributed by atoms with E-state index in [-0.39, 0.29) is 11.4 Å².